The standard InChI is InChI=1S/C25H26N2O6S2/c1-9(2)7-13(24(31)32)27-22(29)17-11-8-12(18(17)23(27)30)19-16(11)15(10-5-3-4-6-14(10)28)20-21(34-19)26-25(33)35-20/h3-6,9,11-13,15-19,28H,7-8H2,1-2H3,(H,26,33)(H,31,32)/t11?,12?,13?,15-,16?,17?,18?,19?/m1/s1. The smallest absolute Gasteiger partial charge is 0.326 e. The molecule has 8 atom stereocenters. The highest BCUT2D eigenvalue weighted by Crippen LogP contribution is 2.69. The molecule has 0 radical (unpaired) electrons. The number of hydrogen-bond donors (Lipinski definition) is 3. The fourth-order valence-electron chi connectivity index (χ4n) is 7.21. The zero-order chi connectivity index (χ0) is 24.8. The number of thioether (sulfide) groups is 1. The van der Waals surface area contributed by atoms with Crippen LogP contribution in [0, 0.1) is 35.5 Å². The molecule has 2 aliphatic carbocycles. The number of carboxylic acids is 1. The Kier molecular flexibility index (Phi) is 5.20. The number of H-pyrrole nitrogens is 1. The summed E-state index contributed by atoms with van der Waals surface area (Å²) in [6, 6.07) is 5.95. The van der Waals surface area contributed by atoms with Crippen LogP contribution in [0.4, 0.5) is 0 Å². The van der Waals surface area contributed by atoms with E-state index in [0.717, 1.165) is 31.7 Å². The Labute approximate surface area is 209 Å². The first kappa shape index (κ1) is 22.8. The van der Waals surface area contributed by atoms with Crippen LogP contribution < -0.4 is 4.87 Å². The highest BCUT2D eigenvalue weighted by atomic mass is 32.2. The van der Waals surface area contributed by atoms with Crippen molar-refractivity contribution in [3.8, 4) is 5.75 Å². The van der Waals surface area contributed by atoms with E-state index in [2.05, 4.69) is 4.98 Å². The van der Waals surface area contributed by atoms with E-state index in [1.807, 2.05) is 26.0 Å². The van der Waals surface area contributed by atoms with Gasteiger partial charge in [0.1, 0.15) is 11.8 Å². The van der Waals surface area contributed by atoms with Gasteiger partial charge in [0.25, 0.3) is 0 Å². The van der Waals surface area contributed by atoms with Gasteiger partial charge in [0.15, 0.2) is 0 Å². The molecule has 2 aromatic rings. The van der Waals surface area contributed by atoms with Crippen molar-refractivity contribution in [3.63, 3.8) is 0 Å². The van der Waals surface area contributed by atoms with Gasteiger partial charge in [-0.2, -0.15) is 0 Å². The molecular formula is C25H26N2O6S2. The third-order valence-corrected chi connectivity index (χ3v) is 10.9. The lowest BCUT2D eigenvalue weighted by atomic mass is 9.68. The maximum Gasteiger partial charge on any atom is 0.326 e. The number of carboxylic acid groups (broad SMARTS) is 1. The van der Waals surface area contributed by atoms with Gasteiger partial charge in [-0.25, -0.2) is 4.79 Å². The summed E-state index contributed by atoms with van der Waals surface area (Å²) < 4.78 is 0. The summed E-state index contributed by atoms with van der Waals surface area (Å²) in [6.45, 7) is 3.76. The monoisotopic (exact) mass is 514 g/mol. The van der Waals surface area contributed by atoms with Crippen LogP contribution in [0.5, 0.6) is 5.75 Å². The van der Waals surface area contributed by atoms with Crippen LogP contribution in [0.1, 0.15) is 43.0 Å². The van der Waals surface area contributed by atoms with Crippen molar-refractivity contribution >= 4 is 40.9 Å². The number of likely N-dealkylation sites (tertiary alicyclic amines) is 1. The Morgan fingerprint density at radius 3 is 2.49 bits per heavy atom. The molecule has 3 fully saturated rings. The number of phenolic OH excluding ortho intramolecular Hbond substituents is 1. The number of aromatic hydroxyl groups is 1. The number of imide groups is 1. The van der Waals surface area contributed by atoms with Crippen LogP contribution in [0.25, 0.3) is 0 Å². The second-order valence-corrected chi connectivity index (χ2v) is 12.8. The molecular weight excluding hydrogens is 488 g/mol. The van der Waals surface area contributed by atoms with Crippen LogP contribution >= 0.6 is 23.1 Å². The molecule has 184 valence electrons. The van der Waals surface area contributed by atoms with Crippen molar-refractivity contribution < 1.29 is 24.6 Å². The highest BCUT2D eigenvalue weighted by Gasteiger charge is 2.70. The van der Waals surface area contributed by atoms with E-state index < -0.39 is 23.8 Å². The number of carbonyl (C=O) groups excluding carboxylic acids is 2. The van der Waals surface area contributed by atoms with Crippen molar-refractivity contribution in [2.75, 3.05) is 0 Å². The number of hydrogen-bond acceptors (Lipinski definition) is 7. The van der Waals surface area contributed by atoms with E-state index >= 15 is 0 Å². The number of aromatic nitrogens is 1. The summed E-state index contributed by atoms with van der Waals surface area (Å²) in [6.07, 6.45) is 0.941. The number of aromatic amines is 1. The molecule has 2 saturated carbocycles. The van der Waals surface area contributed by atoms with Gasteiger partial charge in [0, 0.05) is 21.6 Å². The van der Waals surface area contributed by atoms with Gasteiger partial charge in [-0.1, -0.05) is 43.4 Å². The van der Waals surface area contributed by atoms with Crippen LogP contribution in [0.3, 0.4) is 0 Å². The molecule has 3 heterocycles. The lowest BCUT2D eigenvalue weighted by Gasteiger charge is -2.43. The van der Waals surface area contributed by atoms with Gasteiger partial charge in [0.05, 0.1) is 16.9 Å². The molecule has 4 aliphatic rings. The number of nitrogens with zero attached hydrogens (tertiary/aromatic N) is 1. The van der Waals surface area contributed by atoms with E-state index in [0.29, 0.717) is 6.42 Å². The fraction of sp³-hybridized carbons (Fsp3) is 0.520. The Morgan fingerprint density at radius 1 is 1.14 bits per heavy atom. The summed E-state index contributed by atoms with van der Waals surface area (Å²) in [5.74, 6) is -3.28. The number of thiazole rings is 1. The minimum Gasteiger partial charge on any atom is -0.508 e. The number of amides is 2. The Morgan fingerprint density at radius 2 is 1.83 bits per heavy atom. The largest absolute Gasteiger partial charge is 0.508 e. The number of carbonyl (C=O) groups is 3. The molecule has 2 bridgehead atoms. The Bertz CT molecular complexity index is 1300. The van der Waals surface area contributed by atoms with Gasteiger partial charge < -0.3 is 15.2 Å². The molecule has 0 spiro atoms. The summed E-state index contributed by atoms with van der Waals surface area (Å²) in [7, 11) is 0. The average molecular weight is 515 g/mol. The molecule has 3 N–H and O–H groups in total. The third kappa shape index (κ3) is 3.18. The molecule has 1 aromatic heterocycles. The van der Waals surface area contributed by atoms with Crippen LogP contribution in [-0.2, 0) is 14.4 Å². The van der Waals surface area contributed by atoms with Crippen LogP contribution in [0.2, 0.25) is 0 Å². The van der Waals surface area contributed by atoms with Crippen LogP contribution in [0.15, 0.2) is 34.1 Å². The van der Waals surface area contributed by atoms with E-state index in [-0.39, 0.29) is 63.7 Å². The average Bonchev–Trinajstić information content (AvgIpc) is 3.52. The quantitative estimate of drug-likeness (QED) is 0.523. The van der Waals surface area contributed by atoms with Gasteiger partial charge in [-0.05, 0) is 42.6 Å². The molecule has 10 heteroatoms. The van der Waals surface area contributed by atoms with Gasteiger partial charge >= 0.3 is 10.8 Å². The number of phenols is 1. The zero-order valence-corrected chi connectivity index (χ0v) is 20.8. The number of rotatable bonds is 5. The molecule has 2 amide bonds. The molecule has 8 nitrogen and oxygen atoms in total. The second-order valence-electron chi connectivity index (χ2n) is 10.5. The topological polar surface area (TPSA) is 128 Å². The lowest BCUT2D eigenvalue weighted by Crippen LogP contribution is -2.47. The van der Waals surface area contributed by atoms with Gasteiger partial charge in [-0.3, -0.25) is 19.3 Å². The zero-order valence-electron chi connectivity index (χ0n) is 19.2. The van der Waals surface area contributed by atoms with Crippen LogP contribution in [-0.4, -0.2) is 49.2 Å². The van der Waals surface area contributed by atoms with Crippen molar-refractivity contribution in [2.45, 2.75) is 48.9 Å². The summed E-state index contributed by atoms with van der Waals surface area (Å²) >= 11 is 2.71. The van der Waals surface area contributed by atoms with Crippen molar-refractivity contribution in [3.05, 3.63) is 44.4 Å². The van der Waals surface area contributed by atoms with E-state index in [1.165, 1.54) is 0 Å². The molecule has 35 heavy (non-hydrogen) atoms. The van der Waals surface area contributed by atoms with Gasteiger partial charge in [-0.15, -0.1) is 11.8 Å². The number of nitrogens with one attached hydrogen (secondary N) is 1. The van der Waals surface area contributed by atoms with Crippen molar-refractivity contribution in [2.24, 2.45) is 35.5 Å². The predicted octanol–water partition coefficient (Wildman–Crippen LogP) is 3.11. The number of para-hydroxylation sites is 1. The van der Waals surface area contributed by atoms with E-state index in [9.17, 15) is 29.4 Å². The van der Waals surface area contributed by atoms with E-state index in [1.54, 1.807) is 23.9 Å². The SMILES string of the molecule is CC(C)CC(C(=O)O)N1C(=O)C2C3CC(C2C1=O)C1C3Sc2[nH]c(=O)sc2[C@@H]1c1ccccc1O. The Hall–Kier alpha value is -2.59. The summed E-state index contributed by atoms with van der Waals surface area (Å²) in [5, 5.41) is 21.4. The lowest BCUT2D eigenvalue weighted by molar-refractivity contribution is -0.156. The predicted molar refractivity (Wildman–Crippen MR) is 129 cm³/mol. The first-order chi connectivity index (χ1) is 16.7. The van der Waals surface area contributed by atoms with Crippen molar-refractivity contribution in [1.82, 2.24) is 9.88 Å². The first-order valence-corrected chi connectivity index (χ1v) is 13.7. The molecule has 7 unspecified atom stereocenters. The minimum absolute atomic E-state index is 0.00585. The molecule has 6 rings (SSSR count). The number of benzene rings is 1. The molecule has 1 saturated heterocycles. The summed E-state index contributed by atoms with van der Waals surface area (Å²) in [5.41, 5.74) is 0.722. The molecule has 1 aromatic carbocycles. The molecule has 2 aliphatic heterocycles. The van der Waals surface area contributed by atoms with E-state index in [4.69, 9.17) is 0 Å². The normalized spacial score (nSPS) is 33.7. The fourth-order valence-corrected chi connectivity index (χ4v) is 10.1. The third-order valence-electron chi connectivity index (χ3n) is 8.32. The second kappa shape index (κ2) is 7.96. The maximum atomic E-state index is 13.7. The maximum absolute atomic E-state index is 13.7. The number of fused-ring (bicyclic) bond motifs is 9. The number of aliphatic carboxylic acids is 1. The minimum atomic E-state index is -1.15. The highest BCUT2D eigenvalue weighted by molar-refractivity contribution is 8.00. The van der Waals surface area contributed by atoms with Gasteiger partial charge in [0.2, 0.25) is 11.8 Å². The first-order valence-electron chi connectivity index (χ1n) is 12.0. The van der Waals surface area contributed by atoms with Crippen molar-refractivity contribution in [1.29, 1.82) is 0 Å². The Balaban J connectivity index is 1.43. The summed E-state index contributed by atoms with van der Waals surface area (Å²) in [4.78, 5) is 56.3.